The average Bonchev–Trinajstić information content (AvgIpc) is 2.81. The van der Waals surface area contributed by atoms with Gasteiger partial charge in [-0.3, -0.25) is 4.79 Å². The Morgan fingerprint density at radius 1 is 1.13 bits per heavy atom. The average molecular weight is 317 g/mol. The fourth-order valence-corrected chi connectivity index (χ4v) is 3.52. The molecule has 0 N–H and O–H groups in total. The number of amides is 1. The molecule has 0 radical (unpaired) electrons. The van der Waals surface area contributed by atoms with Gasteiger partial charge in [-0.15, -0.1) is 0 Å². The van der Waals surface area contributed by atoms with Crippen molar-refractivity contribution in [2.75, 3.05) is 19.7 Å². The first-order chi connectivity index (χ1) is 11.1. The number of hydrogen-bond acceptors (Lipinski definition) is 3. The van der Waals surface area contributed by atoms with Crippen molar-refractivity contribution in [3.63, 3.8) is 0 Å². The van der Waals surface area contributed by atoms with Crippen LogP contribution in [0.2, 0.25) is 0 Å². The third-order valence-electron chi connectivity index (χ3n) is 4.55. The summed E-state index contributed by atoms with van der Waals surface area (Å²) in [6.07, 6.45) is 2.81. The lowest BCUT2D eigenvalue weighted by Crippen LogP contribution is -2.33. The van der Waals surface area contributed by atoms with Crippen LogP contribution in [-0.4, -0.2) is 36.5 Å². The number of rotatable bonds is 1. The van der Waals surface area contributed by atoms with Crippen LogP contribution in [-0.2, 0) is 24.0 Å². The molecule has 0 bridgehead atoms. The maximum absolute atomic E-state index is 12.2. The zero-order valence-corrected chi connectivity index (χ0v) is 14.7. The normalized spacial score (nSPS) is 16.0. The lowest BCUT2D eigenvalue weighted by Gasteiger charge is -2.19. The van der Waals surface area contributed by atoms with Gasteiger partial charge in [-0.25, -0.2) is 4.79 Å². The van der Waals surface area contributed by atoms with Gasteiger partial charge in [0.2, 0.25) is 0 Å². The Bertz CT molecular complexity index is 607. The first-order valence-electron chi connectivity index (χ1n) is 8.71. The van der Waals surface area contributed by atoms with Crippen LogP contribution in [0.4, 0.5) is 4.79 Å². The maximum Gasteiger partial charge on any atom is 0.409 e. The summed E-state index contributed by atoms with van der Waals surface area (Å²) in [4.78, 5) is 25.9. The molecule has 0 atom stereocenters. The summed E-state index contributed by atoms with van der Waals surface area (Å²) in [6.45, 7) is 9.60. The lowest BCUT2D eigenvalue weighted by molar-refractivity contribution is 0.0993. The molecule has 1 aromatic carbocycles. The van der Waals surface area contributed by atoms with Gasteiger partial charge in [0.15, 0.2) is 5.78 Å². The lowest BCUT2D eigenvalue weighted by atomic mass is 9.91. The Labute approximate surface area is 138 Å². The molecular formula is C19H27NO3. The van der Waals surface area contributed by atoms with Gasteiger partial charge >= 0.3 is 6.09 Å². The molecule has 4 nitrogen and oxygen atoms in total. The molecule has 1 aliphatic carbocycles. The number of aryl methyl sites for hydroxylation is 1. The van der Waals surface area contributed by atoms with Gasteiger partial charge in [-0.05, 0) is 55.4 Å². The van der Waals surface area contributed by atoms with E-state index in [9.17, 15) is 9.59 Å². The molecule has 1 heterocycles. The summed E-state index contributed by atoms with van der Waals surface area (Å²) in [6, 6.07) is 2.21. The van der Waals surface area contributed by atoms with Crippen LogP contribution in [0.1, 0.15) is 59.8 Å². The van der Waals surface area contributed by atoms with Crippen molar-refractivity contribution in [1.29, 1.82) is 0 Å². The number of benzene rings is 1. The van der Waals surface area contributed by atoms with Crippen LogP contribution in [0.25, 0.3) is 0 Å². The zero-order valence-electron chi connectivity index (χ0n) is 14.7. The van der Waals surface area contributed by atoms with Gasteiger partial charge in [0, 0.05) is 25.1 Å². The molecule has 1 aliphatic heterocycles. The third kappa shape index (κ3) is 3.41. The number of fused-ring (bicyclic) bond motifs is 3. The van der Waals surface area contributed by atoms with Crippen molar-refractivity contribution in [3.8, 4) is 0 Å². The van der Waals surface area contributed by atoms with E-state index in [2.05, 4.69) is 13.0 Å². The van der Waals surface area contributed by atoms with Crippen molar-refractivity contribution in [2.24, 2.45) is 0 Å². The predicted octanol–water partition coefficient (Wildman–Crippen LogP) is 3.71. The number of ketones is 1. The highest BCUT2D eigenvalue weighted by atomic mass is 16.6. The molecule has 126 valence electrons. The standard InChI is InChI=1S/C17H21NO3.C2H6/c1-3-21-17(20)18-8-6-12-10-11(2)13-4-5-15(19)16(13)14(12)7-9-18;1-2/h10H,3-9H2,1-2H3;1-2H3. The molecule has 3 rings (SSSR count). The molecular weight excluding hydrogens is 290 g/mol. The number of Topliss-reactive ketones (excluding diaryl/α,β-unsaturated/α-hetero) is 1. The third-order valence-corrected chi connectivity index (χ3v) is 4.55. The van der Waals surface area contributed by atoms with E-state index in [4.69, 9.17) is 4.74 Å². The molecule has 0 spiro atoms. The summed E-state index contributed by atoms with van der Waals surface area (Å²) in [5.74, 6) is 0.273. The molecule has 1 aromatic rings. The minimum absolute atomic E-state index is 0.245. The van der Waals surface area contributed by atoms with E-state index in [1.807, 2.05) is 20.8 Å². The molecule has 2 aliphatic rings. The van der Waals surface area contributed by atoms with Crippen molar-refractivity contribution < 1.29 is 14.3 Å². The molecule has 1 amide bonds. The Balaban J connectivity index is 0.000000924. The SMILES string of the molecule is CC.CCOC(=O)N1CCc2cc(C)c3c(c2CC1)C(=O)CC3. The van der Waals surface area contributed by atoms with E-state index in [1.165, 1.54) is 22.3 Å². The van der Waals surface area contributed by atoms with Crippen molar-refractivity contribution in [1.82, 2.24) is 4.90 Å². The highest BCUT2D eigenvalue weighted by Crippen LogP contribution is 2.32. The zero-order chi connectivity index (χ0) is 17.0. The Morgan fingerprint density at radius 2 is 1.83 bits per heavy atom. The molecule has 4 heteroatoms. The molecule has 0 unspecified atom stereocenters. The van der Waals surface area contributed by atoms with Gasteiger partial charge in [-0.2, -0.15) is 0 Å². The fraction of sp³-hybridized carbons (Fsp3) is 0.579. The molecule has 0 saturated heterocycles. The van der Waals surface area contributed by atoms with Crippen LogP contribution in [0.5, 0.6) is 0 Å². The smallest absolute Gasteiger partial charge is 0.409 e. The van der Waals surface area contributed by atoms with Crippen molar-refractivity contribution >= 4 is 11.9 Å². The number of carbonyl (C=O) groups is 2. The minimum atomic E-state index is -0.245. The fourth-order valence-electron chi connectivity index (χ4n) is 3.52. The van der Waals surface area contributed by atoms with E-state index < -0.39 is 0 Å². The quantitative estimate of drug-likeness (QED) is 0.793. The summed E-state index contributed by atoms with van der Waals surface area (Å²) in [7, 11) is 0. The van der Waals surface area contributed by atoms with Crippen LogP contribution < -0.4 is 0 Å². The highest BCUT2D eigenvalue weighted by molar-refractivity contribution is 6.02. The van der Waals surface area contributed by atoms with Crippen molar-refractivity contribution in [2.45, 2.75) is 53.4 Å². The summed E-state index contributed by atoms with van der Waals surface area (Å²) in [5, 5.41) is 0. The predicted molar refractivity (Wildman–Crippen MR) is 91.2 cm³/mol. The van der Waals surface area contributed by atoms with Crippen LogP contribution in [0.15, 0.2) is 6.07 Å². The van der Waals surface area contributed by atoms with Gasteiger partial charge in [-0.1, -0.05) is 19.9 Å². The second-order valence-electron chi connectivity index (χ2n) is 5.79. The van der Waals surface area contributed by atoms with E-state index in [0.717, 1.165) is 24.8 Å². The largest absolute Gasteiger partial charge is 0.450 e. The number of carbonyl (C=O) groups excluding carboxylic acids is 2. The number of nitrogens with zero attached hydrogens (tertiary/aromatic N) is 1. The van der Waals surface area contributed by atoms with Crippen LogP contribution >= 0.6 is 0 Å². The Morgan fingerprint density at radius 3 is 2.52 bits per heavy atom. The highest BCUT2D eigenvalue weighted by Gasteiger charge is 2.29. The Kier molecular flexibility index (Phi) is 5.80. The molecule has 0 saturated carbocycles. The second-order valence-corrected chi connectivity index (χ2v) is 5.79. The van der Waals surface area contributed by atoms with E-state index in [1.54, 1.807) is 4.90 Å². The summed E-state index contributed by atoms with van der Waals surface area (Å²) in [5.41, 5.74) is 5.80. The van der Waals surface area contributed by atoms with Crippen LogP contribution in [0, 0.1) is 6.92 Å². The molecule has 23 heavy (non-hydrogen) atoms. The number of hydrogen-bond donors (Lipinski definition) is 0. The topological polar surface area (TPSA) is 46.6 Å². The van der Waals surface area contributed by atoms with Gasteiger partial charge < -0.3 is 9.64 Å². The molecule has 0 fully saturated rings. The van der Waals surface area contributed by atoms with E-state index in [0.29, 0.717) is 26.1 Å². The monoisotopic (exact) mass is 317 g/mol. The van der Waals surface area contributed by atoms with Crippen molar-refractivity contribution in [3.05, 3.63) is 33.9 Å². The Hall–Kier alpha value is -1.84. The van der Waals surface area contributed by atoms with E-state index in [-0.39, 0.29) is 11.9 Å². The second kappa shape index (κ2) is 7.62. The number of ether oxygens (including phenoxy) is 1. The van der Waals surface area contributed by atoms with Gasteiger partial charge in [0.1, 0.15) is 0 Å². The summed E-state index contributed by atoms with van der Waals surface area (Å²) >= 11 is 0. The van der Waals surface area contributed by atoms with Gasteiger partial charge in [0.05, 0.1) is 6.61 Å². The first-order valence-corrected chi connectivity index (χ1v) is 8.71. The maximum atomic E-state index is 12.2. The van der Waals surface area contributed by atoms with Crippen LogP contribution in [0.3, 0.4) is 0 Å². The molecule has 0 aromatic heterocycles. The first kappa shape index (κ1) is 17.5. The minimum Gasteiger partial charge on any atom is -0.450 e. The van der Waals surface area contributed by atoms with Gasteiger partial charge in [0.25, 0.3) is 0 Å². The summed E-state index contributed by atoms with van der Waals surface area (Å²) < 4.78 is 5.09. The van der Waals surface area contributed by atoms with E-state index >= 15 is 0 Å².